The molecule has 10 heteroatoms. The molecule has 10 nitrogen and oxygen atoms in total. The van der Waals surface area contributed by atoms with E-state index >= 15 is 0 Å². The van der Waals surface area contributed by atoms with E-state index in [2.05, 4.69) is 65.0 Å². The summed E-state index contributed by atoms with van der Waals surface area (Å²) >= 11 is 0. The lowest BCUT2D eigenvalue weighted by atomic mass is 9.75. The van der Waals surface area contributed by atoms with Crippen LogP contribution in [0.15, 0.2) is 62.8 Å². The molecule has 1 spiro atoms. The van der Waals surface area contributed by atoms with Gasteiger partial charge >= 0.3 is 0 Å². The molecule has 1 atom stereocenters. The molecular formula is C35H47N7O3. The van der Waals surface area contributed by atoms with Crippen molar-refractivity contribution in [1.29, 1.82) is 0 Å². The molecule has 1 aliphatic carbocycles. The number of hydrogen-bond donors (Lipinski definition) is 1. The van der Waals surface area contributed by atoms with Gasteiger partial charge in [-0.05, 0) is 86.5 Å². The van der Waals surface area contributed by atoms with E-state index in [1.807, 2.05) is 43.3 Å². The number of amides is 2. The minimum Gasteiger partial charge on any atom is -0.478 e. The molecular weight excluding hydrogens is 566 g/mol. The summed E-state index contributed by atoms with van der Waals surface area (Å²) in [4.78, 5) is 43.4. The normalized spacial score (nSPS) is 22.2. The van der Waals surface area contributed by atoms with Gasteiger partial charge in [-0.2, -0.15) is 5.11 Å². The number of nitrogens with one attached hydrogen (secondary N) is 1. The largest absolute Gasteiger partial charge is 0.478 e. The number of pyridine rings is 1. The number of aromatic nitrogens is 1. The number of rotatable bonds is 11. The Kier molecular flexibility index (Phi) is 9.79. The number of hydrogen-bond acceptors (Lipinski definition) is 8. The van der Waals surface area contributed by atoms with Gasteiger partial charge in [0.2, 0.25) is 5.88 Å². The van der Waals surface area contributed by atoms with E-state index in [4.69, 9.17) is 9.73 Å². The van der Waals surface area contributed by atoms with Crippen molar-refractivity contribution in [2.24, 2.45) is 37.5 Å². The second-order valence-electron chi connectivity index (χ2n) is 13.9. The Labute approximate surface area is 266 Å². The minimum absolute atomic E-state index is 0.0566. The number of aliphatic imine (C=N–C) groups is 2. The van der Waals surface area contributed by atoms with Crippen LogP contribution in [0.1, 0.15) is 108 Å². The average Bonchev–Trinajstić information content (AvgIpc) is 3.63. The molecule has 0 unspecified atom stereocenters. The summed E-state index contributed by atoms with van der Waals surface area (Å²) in [5, 5.41) is 10.6. The van der Waals surface area contributed by atoms with Crippen molar-refractivity contribution in [2.45, 2.75) is 91.8 Å². The van der Waals surface area contributed by atoms with Crippen molar-refractivity contribution in [1.82, 2.24) is 15.2 Å². The van der Waals surface area contributed by atoms with Gasteiger partial charge in [0.25, 0.3) is 11.8 Å². The second kappa shape index (κ2) is 13.6. The van der Waals surface area contributed by atoms with E-state index in [0.717, 1.165) is 49.7 Å². The maximum Gasteiger partial charge on any atom is 0.275 e. The molecule has 1 fully saturated rings. The Morgan fingerprint density at radius 1 is 1.13 bits per heavy atom. The van der Waals surface area contributed by atoms with Gasteiger partial charge in [-0.15, -0.1) is 5.11 Å². The molecule has 3 aliphatic rings. The monoisotopic (exact) mass is 613 g/mol. The topological polar surface area (TPSA) is 121 Å². The van der Waals surface area contributed by atoms with Crippen molar-refractivity contribution < 1.29 is 14.3 Å². The van der Waals surface area contributed by atoms with Crippen LogP contribution in [0, 0.1) is 17.3 Å². The van der Waals surface area contributed by atoms with E-state index < -0.39 is 5.66 Å². The number of azo groups is 1. The lowest BCUT2D eigenvalue weighted by Gasteiger charge is -2.46. The molecule has 0 radical (unpaired) electrons. The van der Waals surface area contributed by atoms with Crippen LogP contribution in [0.4, 0.5) is 0 Å². The highest BCUT2D eigenvalue weighted by Crippen LogP contribution is 2.48. The van der Waals surface area contributed by atoms with E-state index in [-0.39, 0.29) is 29.8 Å². The van der Waals surface area contributed by atoms with Crippen molar-refractivity contribution in [3.8, 4) is 5.88 Å². The van der Waals surface area contributed by atoms with E-state index in [9.17, 15) is 9.59 Å². The molecule has 240 valence electrons. The fourth-order valence-corrected chi connectivity index (χ4v) is 6.62. The van der Waals surface area contributed by atoms with Crippen molar-refractivity contribution >= 4 is 23.4 Å². The molecule has 3 heterocycles. The van der Waals surface area contributed by atoms with Gasteiger partial charge in [0.05, 0.1) is 19.2 Å². The first-order valence-corrected chi connectivity index (χ1v) is 16.3. The van der Waals surface area contributed by atoms with Gasteiger partial charge in [-0.1, -0.05) is 46.8 Å². The SMILES string of the molecule is CCOc1cc(C2=NC3(CCC(C(C)C)CC3)N([C@H](CCC(C)(C)C)c3ccc(C(=O)NCC4=NCN=N4)cc3)C2=O)ccn1. The Balaban J connectivity index is 1.49. The lowest BCUT2D eigenvalue weighted by Crippen LogP contribution is -2.51. The number of carbonyl (C=O) groups is 2. The van der Waals surface area contributed by atoms with E-state index in [1.165, 1.54) is 0 Å². The van der Waals surface area contributed by atoms with Gasteiger partial charge < -0.3 is 15.0 Å². The van der Waals surface area contributed by atoms with E-state index in [0.29, 0.717) is 48.1 Å². The number of ether oxygens (including phenoxy) is 1. The van der Waals surface area contributed by atoms with E-state index in [1.54, 1.807) is 6.20 Å². The third kappa shape index (κ3) is 7.48. The molecule has 1 aromatic carbocycles. The van der Waals surface area contributed by atoms with Gasteiger partial charge in [-0.25, -0.2) is 9.98 Å². The summed E-state index contributed by atoms with van der Waals surface area (Å²) in [6.07, 6.45) is 7.08. The molecule has 5 rings (SSSR count). The van der Waals surface area contributed by atoms with Gasteiger partial charge in [0.1, 0.15) is 11.4 Å². The van der Waals surface area contributed by atoms with Crippen LogP contribution >= 0.6 is 0 Å². The maximum atomic E-state index is 14.6. The van der Waals surface area contributed by atoms with Crippen LogP contribution in [0.3, 0.4) is 0 Å². The minimum atomic E-state index is -0.623. The number of amidine groups is 1. The molecule has 2 aromatic rings. The van der Waals surface area contributed by atoms with Crippen molar-refractivity contribution in [3.05, 3.63) is 59.3 Å². The standard InChI is InChI=1S/C35H47N7O3/c1-7-45-30-20-27(15-19-36-30)31-33(44)42(35(40-31)17-12-24(13-18-35)23(2)3)28(14-16-34(4,5)6)25-8-10-26(11-9-25)32(43)37-21-29-38-22-39-41-29/h8-11,15,19-20,23-24,28H,7,12-14,16-18,21-22H2,1-6H3,(H,37,43)/t24?,28-,35?/m1/s1. The fraction of sp³-hybridized carbons (Fsp3) is 0.571. The van der Waals surface area contributed by atoms with Gasteiger partial charge in [0.15, 0.2) is 12.5 Å². The highest BCUT2D eigenvalue weighted by Gasteiger charge is 2.52. The smallest absolute Gasteiger partial charge is 0.275 e. The quantitative estimate of drug-likeness (QED) is 0.300. The fourth-order valence-electron chi connectivity index (χ4n) is 6.62. The first kappa shape index (κ1) is 32.4. The van der Waals surface area contributed by atoms with Crippen molar-refractivity contribution in [2.75, 3.05) is 19.8 Å². The Morgan fingerprint density at radius 3 is 2.49 bits per heavy atom. The van der Waals surface area contributed by atoms with Crippen LogP contribution in [0.5, 0.6) is 5.88 Å². The van der Waals surface area contributed by atoms with Gasteiger partial charge in [0, 0.05) is 23.4 Å². The zero-order valence-electron chi connectivity index (χ0n) is 27.5. The Hall–Kier alpha value is -3.95. The van der Waals surface area contributed by atoms with Gasteiger partial charge in [-0.3, -0.25) is 14.6 Å². The van der Waals surface area contributed by atoms with Crippen LogP contribution in [-0.4, -0.2) is 58.7 Å². The number of benzene rings is 1. The second-order valence-corrected chi connectivity index (χ2v) is 13.9. The Morgan fingerprint density at radius 2 is 1.87 bits per heavy atom. The molecule has 45 heavy (non-hydrogen) atoms. The molecule has 1 saturated carbocycles. The van der Waals surface area contributed by atoms with Crippen LogP contribution in [-0.2, 0) is 4.79 Å². The van der Waals surface area contributed by atoms with Crippen LogP contribution in [0.25, 0.3) is 0 Å². The summed E-state index contributed by atoms with van der Waals surface area (Å²) in [7, 11) is 0. The summed E-state index contributed by atoms with van der Waals surface area (Å²) in [5.74, 6) is 1.95. The summed E-state index contributed by atoms with van der Waals surface area (Å²) in [6, 6.07) is 11.1. The highest BCUT2D eigenvalue weighted by atomic mass is 16.5. The molecule has 2 amide bonds. The molecule has 0 bridgehead atoms. The molecule has 1 N–H and O–H groups in total. The molecule has 1 aromatic heterocycles. The zero-order valence-corrected chi connectivity index (χ0v) is 27.5. The maximum absolute atomic E-state index is 14.6. The summed E-state index contributed by atoms with van der Waals surface area (Å²) in [5.41, 5.74) is 2.21. The predicted molar refractivity (Wildman–Crippen MR) is 176 cm³/mol. The molecule has 2 aliphatic heterocycles. The summed E-state index contributed by atoms with van der Waals surface area (Å²) < 4.78 is 5.67. The number of carbonyl (C=O) groups excluding carboxylic acids is 2. The zero-order chi connectivity index (χ0) is 32.2. The predicted octanol–water partition coefficient (Wildman–Crippen LogP) is 6.77. The summed E-state index contributed by atoms with van der Waals surface area (Å²) in [6.45, 7) is 14.2. The number of nitrogens with zero attached hydrogens (tertiary/aromatic N) is 6. The average molecular weight is 614 g/mol. The highest BCUT2D eigenvalue weighted by molar-refractivity contribution is 6.46. The van der Waals surface area contributed by atoms with Crippen molar-refractivity contribution in [3.63, 3.8) is 0 Å². The van der Waals surface area contributed by atoms with Crippen LogP contribution in [0.2, 0.25) is 0 Å². The Bertz CT molecular complexity index is 1460. The molecule has 0 saturated heterocycles. The first-order valence-electron chi connectivity index (χ1n) is 16.3. The lowest BCUT2D eigenvalue weighted by molar-refractivity contribution is -0.133. The van der Waals surface area contributed by atoms with Crippen LogP contribution < -0.4 is 10.1 Å². The first-order chi connectivity index (χ1) is 21.5. The third-order valence-electron chi connectivity index (χ3n) is 9.21. The third-order valence-corrected chi connectivity index (χ3v) is 9.21.